The third kappa shape index (κ3) is 1.23. The van der Waals surface area contributed by atoms with E-state index in [1.807, 2.05) is 11.7 Å². The first-order valence-electron chi connectivity index (χ1n) is 4.17. The normalized spacial score (nSPS) is 23.3. The summed E-state index contributed by atoms with van der Waals surface area (Å²) in [6.07, 6.45) is 2.88. The smallest absolute Gasteiger partial charge is 0.0821 e. The van der Waals surface area contributed by atoms with E-state index in [1.165, 1.54) is 12.1 Å². The summed E-state index contributed by atoms with van der Waals surface area (Å²) in [5, 5.41) is 8.23. The number of rotatable bonds is 1. The van der Waals surface area contributed by atoms with Gasteiger partial charge in [0.15, 0.2) is 0 Å². The molecule has 0 aliphatic carbocycles. The zero-order valence-corrected chi connectivity index (χ0v) is 7.80. The first-order chi connectivity index (χ1) is 5.79. The first kappa shape index (κ1) is 8.08. The Bertz CT molecular complexity index is 256. The Hall–Kier alpha value is -0.540. The zero-order chi connectivity index (χ0) is 8.55. The second-order valence-corrected chi connectivity index (χ2v) is 3.60. The summed E-state index contributed by atoms with van der Waals surface area (Å²) < 4.78 is 1.88. The van der Waals surface area contributed by atoms with Crippen LogP contribution in [0, 0.1) is 0 Å². The SMILES string of the molecule is Cn1ncc(Cl)c1C1CCNC1. The number of aromatic nitrogens is 2. The third-order valence-corrected chi connectivity index (χ3v) is 2.68. The molecule has 1 aliphatic heterocycles. The molecule has 1 atom stereocenters. The molecule has 1 saturated heterocycles. The predicted molar refractivity (Wildman–Crippen MR) is 48.4 cm³/mol. The van der Waals surface area contributed by atoms with Crippen LogP contribution in [-0.2, 0) is 7.05 Å². The molecule has 0 bridgehead atoms. The Morgan fingerprint density at radius 3 is 3.08 bits per heavy atom. The summed E-state index contributed by atoms with van der Waals surface area (Å²) in [5.74, 6) is 0.546. The Morgan fingerprint density at radius 1 is 1.75 bits per heavy atom. The van der Waals surface area contributed by atoms with Gasteiger partial charge in [0.05, 0.1) is 16.9 Å². The van der Waals surface area contributed by atoms with Crippen LogP contribution in [0.1, 0.15) is 18.0 Å². The molecule has 1 fully saturated rings. The zero-order valence-electron chi connectivity index (χ0n) is 7.05. The van der Waals surface area contributed by atoms with E-state index in [2.05, 4.69) is 10.4 Å². The van der Waals surface area contributed by atoms with Crippen molar-refractivity contribution in [2.45, 2.75) is 12.3 Å². The molecular formula is C8H12ClN3. The second kappa shape index (κ2) is 3.07. The van der Waals surface area contributed by atoms with Crippen molar-refractivity contribution >= 4 is 11.6 Å². The van der Waals surface area contributed by atoms with Gasteiger partial charge in [-0.1, -0.05) is 11.6 Å². The lowest BCUT2D eigenvalue weighted by molar-refractivity contribution is 0.637. The van der Waals surface area contributed by atoms with Crippen LogP contribution < -0.4 is 5.32 Å². The lowest BCUT2D eigenvalue weighted by Gasteiger charge is -2.08. The highest BCUT2D eigenvalue weighted by Crippen LogP contribution is 2.27. The van der Waals surface area contributed by atoms with Gasteiger partial charge >= 0.3 is 0 Å². The monoisotopic (exact) mass is 185 g/mol. The van der Waals surface area contributed by atoms with E-state index in [-0.39, 0.29) is 0 Å². The van der Waals surface area contributed by atoms with Crippen LogP contribution in [0.5, 0.6) is 0 Å². The molecule has 0 radical (unpaired) electrons. The summed E-state index contributed by atoms with van der Waals surface area (Å²) in [6, 6.07) is 0. The molecule has 1 aliphatic rings. The maximum Gasteiger partial charge on any atom is 0.0821 e. The molecule has 4 heteroatoms. The molecule has 1 unspecified atom stereocenters. The van der Waals surface area contributed by atoms with Crippen molar-refractivity contribution in [2.24, 2.45) is 7.05 Å². The fourth-order valence-electron chi connectivity index (χ4n) is 1.77. The summed E-state index contributed by atoms with van der Waals surface area (Å²) in [6.45, 7) is 2.12. The second-order valence-electron chi connectivity index (χ2n) is 3.19. The van der Waals surface area contributed by atoms with Crippen molar-refractivity contribution in [1.82, 2.24) is 15.1 Å². The average molecular weight is 186 g/mol. The topological polar surface area (TPSA) is 29.9 Å². The van der Waals surface area contributed by atoms with Gasteiger partial charge in [0.25, 0.3) is 0 Å². The third-order valence-electron chi connectivity index (χ3n) is 2.38. The fourth-order valence-corrected chi connectivity index (χ4v) is 2.09. The van der Waals surface area contributed by atoms with Crippen molar-refractivity contribution in [2.75, 3.05) is 13.1 Å². The molecule has 2 rings (SSSR count). The predicted octanol–water partition coefficient (Wildman–Crippen LogP) is 1.15. The molecule has 3 nitrogen and oxygen atoms in total. The molecular weight excluding hydrogens is 174 g/mol. The van der Waals surface area contributed by atoms with Crippen LogP contribution in [0.15, 0.2) is 6.20 Å². The molecule has 2 heterocycles. The molecule has 0 amide bonds. The molecule has 0 aromatic carbocycles. The lowest BCUT2D eigenvalue weighted by atomic mass is 10.1. The van der Waals surface area contributed by atoms with Crippen molar-refractivity contribution < 1.29 is 0 Å². The molecule has 12 heavy (non-hydrogen) atoms. The van der Waals surface area contributed by atoms with Gasteiger partial charge in [-0.25, -0.2) is 0 Å². The minimum absolute atomic E-state index is 0.546. The van der Waals surface area contributed by atoms with Gasteiger partial charge < -0.3 is 5.32 Å². The number of nitrogens with one attached hydrogen (secondary N) is 1. The van der Waals surface area contributed by atoms with Crippen LogP contribution in [0.3, 0.4) is 0 Å². The number of halogens is 1. The van der Waals surface area contributed by atoms with E-state index < -0.39 is 0 Å². The first-order valence-corrected chi connectivity index (χ1v) is 4.55. The summed E-state index contributed by atoms with van der Waals surface area (Å²) in [4.78, 5) is 0. The number of nitrogens with zero attached hydrogens (tertiary/aromatic N) is 2. The van der Waals surface area contributed by atoms with Gasteiger partial charge in [0.1, 0.15) is 0 Å². The quantitative estimate of drug-likeness (QED) is 0.712. The highest BCUT2D eigenvalue weighted by molar-refractivity contribution is 6.31. The Morgan fingerprint density at radius 2 is 2.58 bits per heavy atom. The van der Waals surface area contributed by atoms with E-state index >= 15 is 0 Å². The largest absolute Gasteiger partial charge is 0.316 e. The van der Waals surface area contributed by atoms with Gasteiger partial charge in [-0.15, -0.1) is 0 Å². The molecule has 66 valence electrons. The summed E-state index contributed by atoms with van der Waals surface area (Å²) >= 11 is 6.01. The molecule has 1 N–H and O–H groups in total. The van der Waals surface area contributed by atoms with Crippen LogP contribution >= 0.6 is 11.6 Å². The highest BCUT2D eigenvalue weighted by Gasteiger charge is 2.22. The van der Waals surface area contributed by atoms with Gasteiger partial charge in [-0.2, -0.15) is 5.10 Å². The summed E-state index contributed by atoms with van der Waals surface area (Å²) in [5.41, 5.74) is 1.17. The van der Waals surface area contributed by atoms with E-state index in [0.717, 1.165) is 18.1 Å². The molecule has 0 saturated carbocycles. The Labute approximate surface area is 76.7 Å². The van der Waals surface area contributed by atoms with Crippen LogP contribution in [0.4, 0.5) is 0 Å². The molecule has 0 spiro atoms. The van der Waals surface area contributed by atoms with Gasteiger partial charge in [-0.05, 0) is 13.0 Å². The Kier molecular flexibility index (Phi) is 2.07. The minimum Gasteiger partial charge on any atom is -0.316 e. The van der Waals surface area contributed by atoms with Crippen molar-refractivity contribution in [3.05, 3.63) is 16.9 Å². The Balaban J connectivity index is 2.30. The standard InChI is InChI=1S/C8H12ClN3/c1-12-8(7(9)5-11-12)6-2-3-10-4-6/h5-6,10H,2-4H2,1H3. The van der Waals surface area contributed by atoms with Crippen molar-refractivity contribution in [3.8, 4) is 0 Å². The van der Waals surface area contributed by atoms with Crippen LogP contribution in [0.25, 0.3) is 0 Å². The van der Waals surface area contributed by atoms with Crippen molar-refractivity contribution in [1.29, 1.82) is 0 Å². The number of hydrogen-bond donors (Lipinski definition) is 1. The average Bonchev–Trinajstić information content (AvgIpc) is 2.61. The van der Waals surface area contributed by atoms with Gasteiger partial charge in [0, 0.05) is 19.5 Å². The van der Waals surface area contributed by atoms with Crippen LogP contribution in [-0.4, -0.2) is 22.9 Å². The van der Waals surface area contributed by atoms with Gasteiger partial charge in [0.2, 0.25) is 0 Å². The molecule has 1 aromatic rings. The van der Waals surface area contributed by atoms with E-state index in [1.54, 1.807) is 6.20 Å². The number of aryl methyl sites for hydroxylation is 1. The maximum atomic E-state index is 6.01. The van der Waals surface area contributed by atoms with Crippen molar-refractivity contribution in [3.63, 3.8) is 0 Å². The minimum atomic E-state index is 0.546. The lowest BCUT2D eigenvalue weighted by Crippen LogP contribution is -2.11. The van der Waals surface area contributed by atoms with E-state index in [4.69, 9.17) is 11.6 Å². The van der Waals surface area contributed by atoms with E-state index in [9.17, 15) is 0 Å². The fraction of sp³-hybridized carbons (Fsp3) is 0.625. The highest BCUT2D eigenvalue weighted by atomic mass is 35.5. The molecule has 1 aromatic heterocycles. The summed E-state index contributed by atoms with van der Waals surface area (Å²) in [7, 11) is 1.94. The maximum absolute atomic E-state index is 6.01. The van der Waals surface area contributed by atoms with Gasteiger partial charge in [-0.3, -0.25) is 4.68 Å². The van der Waals surface area contributed by atoms with E-state index in [0.29, 0.717) is 5.92 Å². The van der Waals surface area contributed by atoms with Crippen LogP contribution in [0.2, 0.25) is 5.02 Å². The number of hydrogen-bond acceptors (Lipinski definition) is 2.